The highest BCUT2D eigenvalue weighted by Crippen LogP contribution is 2.29. The zero-order chi connectivity index (χ0) is 14.5. The van der Waals surface area contributed by atoms with Crippen molar-refractivity contribution in [2.45, 2.75) is 13.5 Å². The third-order valence-electron chi connectivity index (χ3n) is 2.69. The molecule has 2 aromatic carbocycles. The van der Waals surface area contributed by atoms with Crippen molar-refractivity contribution in [3.8, 4) is 0 Å². The lowest BCUT2D eigenvalue weighted by molar-refractivity contribution is 0.155. The van der Waals surface area contributed by atoms with Crippen molar-refractivity contribution in [1.29, 1.82) is 0 Å². The van der Waals surface area contributed by atoms with E-state index in [1.807, 2.05) is 43.3 Å². The Morgan fingerprint density at radius 2 is 2.00 bits per heavy atom. The predicted octanol–water partition coefficient (Wildman–Crippen LogP) is 5.16. The van der Waals surface area contributed by atoms with E-state index in [1.165, 1.54) is 0 Å². The van der Waals surface area contributed by atoms with Crippen LogP contribution in [-0.4, -0.2) is 6.09 Å². The van der Waals surface area contributed by atoms with Crippen molar-refractivity contribution in [3.05, 3.63) is 63.1 Å². The summed E-state index contributed by atoms with van der Waals surface area (Å²) in [6.07, 6.45) is -0.527. The quantitative estimate of drug-likeness (QED) is 0.827. The van der Waals surface area contributed by atoms with E-state index < -0.39 is 6.09 Å². The summed E-state index contributed by atoms with van der Waals surface area (Å²) in [4.78, 5) is 11.8. The van der Waals surface area contributed by atoms with Gasteiger partial charge in [0.05, 0.1) is 10.7 Å². The van der Waals surface area contributed by atoms with Gasteiger partial charge in [-0.2, -0.15) is 0 Å². The molecule has 0 radical (unpaired) electrons. The smallest absolute Gasteiger partial charge is 0.412 e. The average Bonchev–Trinajstić information content (AvgIpc) is 2.42. The number of carbonyl (C=O) groups is 1. The number of hydrogen-bond donors (Lipinski definition) is 1. The molecule has 0 aliphatic heterocycles. The van der Waals surface area contributed by atoms with E-state index in [-0.39, 0.29) is 6.61 Å². The summed E-state index contributed by atoms with van der Waals surface area (Å²) in [7, 11) is 0. The van der Waals surface area contributed by atoms with Crippen LogP contribution in [0.1, 0.15) is 11.1 Å². The molecule has 0 aliphatic carbocycles. The SMILES string of the molecule is Cc1cc(Br)cc(Cl)c1NC(=O)OCc1ccccc1. The number of nitrogens with one attached hydrogen (secondary N) is 1. The minimum atomic E-state index is -0.527. The minimum Gasteiger partial charge on any atom is -0.444 e. The first-order valence-electron chi connectivity index (χ1n) is 5.99. The Morgan fingerprint density at radius 1 is 1.30 bits per heavy atom. The largest absolute Gasteiger partial charge is 0.444 e. The van der Waals surface area contributed by atoms with Gasteiger partial charge in [0.25, 0.3) is 0 Å². The number of carbonyl (C=O) groups excluding carboxylic acids is 1. The monoisotopic (exact) mass is 353 g/mol. The van der Waals surface area contributed by atoms with Crippen LogP contribution < -0.4 is 5.32 Å². The van der Waals surface area contributed by atoms with E-state index in [1.54, 1.807) is 6.07 Å². The van der Waals surface area contributed by atoms with Gasteiger partial charge in [0, 0.05) is 4.47 Å². The summed E-state index contributed by atoms with van der Waals surface area (Å²) in [6, 6.07) is 13.1. The van der Waals surface area contributed by atoms with Crippen LogP contribution in [0.5, 0.6) is 0 Å². The summed E-state index contributed by atoms with van der Waals surface area (Å²) in [5.41, 5.74) is 2.36. The zero-order valence-electron chi connectivity index (χ0n) is 10.8. The Kier molecular flexibility index (Phi) is 5.04. The van der Waals surface area contributed by atoms with Gasteiger partial charge in [-0.05, 0) is 30.2 Å². The number of hydrogen-bond acceptors (Lipinski definition) is 2. The van der Waals surface area contributed by atoms with Crippen molar-refractivity contribution in [3.63, 3.8) is 0 Å². The highest BCUT2D eigenvalue weighted by atomic mass is 79.9. The van der Waals surface area contributed by atoms with Crippen LogP contribution in [0.15, 0.2) is 46.9 Å². The van der Waals surface area contributed by atoms with Gasteiger partial charge in [0.2, 0.25) is 0 Å². The molecule has 0 saturated carbocycles. The van der Waals surface area contributed by atoms with Crippen molar-refractivity contribution < 1.29 is 9.53 Å². The molecule has 1 N–H and O–H groups in total. The van der Waals surface area contributed by atoms with Gasteiger partial charge in [-0.25, -0.2) is 4.79 Å². The Bertz CT molecular complexity index is 594. The van der Waals surface area contributed by atoms with Crippen LogP contribution in [0, 0.1) is 6.92 Å². The van der Waals surface area contributed by atoms with Gasteiger partial charge in [0.15, 0.2) is 0 Å². The first kappa shape index (κ1) is 14.9. The Labute approximate surface area is 131 Å². The van der Waals surface area contributed by atoms with Crippen molar-refractivity contribution in [2.24, 2.45) is 0 Å². The van der Waals surface area contributed by atoms with Crippen LogP contribution in [0.25, 0.3) is 0 Å². The number of amides is 1. The molecule has 0 spiro atoms. The number of rotatable bonds is 3. The van der Waals surface area contributed by atoms with Gasteiger partial charge in [-0.1, -0.05) is 57.9 Å². The van der Waals surface area contributed by atoms with E-state index in [0.717, 1.165) is 15.6 Å². The Morgan fingerprint density at radius 3 is 2.65 bits per heavy atom. The molecular weight excluding hydrogens is 342 g/mol. The molecule has 0 aromatic heterocycles. The molecule has 20 heavy (non-hydrogen) atoms. The number of benzene rings is 2. The third-order valence-corrected chi connectivity index (χ3v) is 3.45. The van der Waals surface area contributed by atoms with E-state index in [0.29, 0.717) is 10.7 Å². The molecule has 0 bridgehead atoms. The summed E-state index contributed by atoms with van der Waals surface area (Å²) >= 11 is 9.44. The number of halogens is 2. The van der Waals surface area contributed by atoms with Gasteiger partial charge in [0.1, 0.15) is 6.61 Å². The van der Waals surface area contributed by atoms with Crippen LogP contribution in [0.3, 0.4) is 0 Å². The second-order valence-electron chi connectivity index (χ2n) is 4.27. The first-order valence-corrected chi connectivity index (χ1v) is 7.16. The standard InChI is InChI=1S/C15H13BrClNO2/c1-10-7-12(16)8-13(17)14(10)18-15(19)20-9-11-5-3-2-4-6-11/h2-8H,9H2,1H3,(H,18,19). The summed E-state index contributed by atoms with van der Waals surface area (Å²) in [6.45, 7) is 2.09. The molecule has 0 saturated heterocycles. The lowest BCUT2D eigenvalue weighted by Crippen LogP contribution is -2.14. The predicted molar refractivity (Wildman–Crippen MR) is 84.1 cm³/mol. The Balaban J connectivity index is 1.98. The van der Waals surface area contributed by atoms with Crippen molar-refractivity contribution >= 4 is 39.3 Å². The maximum absolute atomic E-state index is 11.8. The zero-order valence-corrected chi connectivity index (χ0v) is 13.2. The maximum atomic E-state index is 11.8. The molecule has 0 aliphatic rings. The molecule has 2 rings (SSSR count). The summed E-state index contributed by atoms with van der Waals surface area (Å²) in [5.74, 6) is 0. The van der Waals surface area contributed by atoms with Gasteiger partial charge in [-0.15, -0.1) is 0 Å². The van der Waals surface area contributed by atoms with Crippen LogP contribution in [0.2, 0.25) is 5.02 Å². The maximum Gasteiger partial charge on any atom is 0.412 e. The van der Waals surface area contributed by atoms with Crippen LogP contribution in [0.4, 0.5) is 10.5 Å². The van der Waals surface area contributed by atoms with Crippen molar-refractivity contribution in [2.75, 3.05) is 5.32 Å². The molecule has 5 heteroatoms. The minimum absolute atomic E-state index is 0.222. The molecule has 0 heterocycles. The molecule has 0 fully saturated rings. The average molecular weight is 355 g/mol. The highest BCUT2D eigenvalue weighted by Gasteiger charge is 2.10. The summed E-state index contributed by atoms with van der Waals surface area (Å²) in [5, 5.41) is 3.13. The highest BCUT2D eigenvalue weighted by molar-refractivity contribution is 9.10. The lowest BCUT2D eigenvalue weighted by Gasteiger charge is -2.11. The molecule has 0 unspecified atom stereocenters. The van der Waals surface area contributed by atoms with Gasteiger partial charge in [-0.3, -0.25) is 5.32 Å². The van der Waals surface area contributed by atoms with E-state index in [9.17, 15) is 4.79 Å². The molecule has 1 amide bonds. The molecule has 2 aromatic rings. The van der Waals surface area contributed by atoms with E-state index in [2.05, 4.69) is 21.2 Å². The van der Waals surface area contributed by atoms with Crippen LogP contribution >= 0.6 is 27.5 Å². The molecular formula is C15H13BrClNO2. The fourth-order valence-corrected chi connectivity index (χ4v) is 2.74. The number of aryl methyl sites for hydroxylation is 1. The fourth-order valence-electron chi connectivity index (χ4n) is 1.72. The number of anilines is 1. The first-order chi connectivity index (χ1) is 9.56. The fraction of sp³-hybridized carbons (Fsp3) is 0.133. The summed E-state index contributed by atoms with van der Waals surface area (Å²) < 4.78 is 6.02. The number of ether oxygens (including phenoxy) is 1. The third kappa shape index (κ3) is 3.99. The lowest BCUT2D eigenvalue weighted by atomic mass is 10.2. The van der Waals surface area contributed by atoms with Crippen LogP contribution in [-0.2, 0) is 11.3 Å². The van der Waals surface area contributed by atoms with Gasteiger partial charge < -0.3 is 4.74 Å². The Hall–Kier alpha value is -1.52. The molecule has 0 atom stereocenters. The van der Waals surface area contributed by atoms with Gasteiger partial charge >= 0.3 is 6.09 Å². The molecule has 3 nitrogen and oxygen atoms in total. The second kappa shape index (κ2) is 6.77. The molecule has 104 valence electrons. The van der Waals surface area contributed by atoms with E-state index >= 15 is 0 Å². The second-order valence-corrected chi connectivity index (χ2v) is 5.59. The van der Waals surface area contributed by atoms with E-state index in [4.69, 9.17) is 16.3 Å². The topological polar surface area (TPSA) is 38.3 Å². The normalized spacial score (nSPS) is 10.2. The van der Waals surface area contributed by atoms with Crippen molar-refractivity contribution in [1.82, 2.24) is 0 Å².